The van der Waals surface area contributed by atoms with Gasteiger partial charge in [0.2, 0.25) is 5.76 Å². The lowest BCUT2D eigenvalue weighted by molar-refractivity contribution is 0.0962. The van der Waals surface area contributed by atoms with E-state index in [2.05, 4.69) is 42.7 Å². The van der Waals surface area contributed by atoms with Crippen LogP contribution in [0.5, 0.6) is 0 Å². The van der Waals surface area contributed by atoms with Crippen LogP contribution in [0.15, 0.2) is 46.6 Å². The summed E-state index contributed by atoms with van der Waals surface area (Å²) in [5.41, 5.74) is 3.41. The van der Waals surface area contributed by atoms with E-state index in [1.807, 2.05) is 4.57 Å². The van der Waals surface area contributed by atoms with Crippen LogP contribution in [0.25, 0.3) is 10.2 Å². The van der Waals surface area contributed by atoms with Crippen LogP contribution in [0.4, 0.5) is 0 Å². The van der Waals surface area contributed by atoms with Crippen molar-refractivity contribution in [2.75, 3.05) is 0 Å². The van der Waals surface area contributed by atoms with Crippen molar-refractivity contribution < 1.29 is 9.32 Å². The van der Waals surface area contributed by atoms with Crippen molar-refractivity contribution in [1.82, 2.24) is 9.72 Å². The van der Waals surface area contributed by atoms with E-state index in [0.29, 0.717) is 11.3 Å². The van der Waals surface area contributed by atoms with E-state index in [1.54, 1.807) is 6.08 Å². The molecule has 0 N–H and O–H groups in total. The van der Waals surface area contributed by atoms with Crippen molar-refractivity contribution >= 4 is 27.5 Å². The quantitative estimate of drug-likeness (QED) is 0.697. The highest BCUT2D eigenvalue weighted by atomic mass is 32.1. The molecule has 0 aliphatic carbocycles. The number of hydrogen-bond acceptors (Lipinski definition) is 4. The number of aryl methyl sites for hydroxylation is 2. The second-order valence-corrected chi connectivity index (χ2v) is 5.99. The van der Waals surface area contributed by atoms with E-state index in [-0.39, 0.29) is 5.76 Å². The Labute approximate surface area is 131 Å². The summed E-state index contributed by atoms with van der Waals surface area (Å²) in [6.07, 6.45) is 3.22. The number of nitrogens with zero attached hydrogens (tertiary/aromatic N) is 3. The zero-order chi connectivity index (χ0) is 15.7. The molecule has 0 aliphatic heterocycles. The molecule has 112 valence electrons. The summed E-state index contributed by atoms with van der Waals surface area (Å²) in [6, 6.07) is 5.73. The molecule has 22 heavy (non-hydrogen) atoms. The number of allylic oxidation sites excluding steroid dienone is 1. The average Bonchev–Trinajstić information content (AvgIpc) is 3.09. The highest BCUT2D eigenvalue weighted by Crippen LogP contribution is 2.23. The summed E-state index contributed by atoms with van der Waals surface area (Å²) in [6.45, 7) is 8.49. The molecule has 0 unspecified atom stereocenters. The van der Waals surface area contributed by atoms with E-state index in [1.165, 1.54) is 34.7 Å². The summed E-state index contributed by atoms with van der Waals surface area (Å²) in [5, 5.41) is 3.54. The molecule has 0 atom stereocenters. The summed E-state index contributed by atoms with van der Waals surface area (Å²) in [5.74, 6) is -0.299. The second-order valence-electron chi connectivity index (χ2n) is 5.01. The van der Waals surface area contributed by atoms with Gasteiger partial charge in [0.25, 0.3) is 0 Å². The molecule has 0 bridgehead atoms. The lowest BCUT2D eigenvalue weighted by Gasteiger charge is -2.03. The number of rotatable bonds is 3. The number of benzene rings is 1. The SMILES string of the molecule is C=CCn1c(=NC(=O)c2ccno2)sc2c(C)cc(C)cc21. The van der Waals surface area contributed by atoms with E-state index in [9.17, 15) is 4.79 Å². The summed E-state index contributed by atoms with van der Waals surface area (Å²) in [4.78, 5) is 16.9. The number of amides is 1. The smallest absolute Gasteiger partial charge is 0.318 e. The molecule has 1 amide bonds. The van der Waals surface area contributed by atoms with Crippen molar-refractivity contribution in [2.24, 2.45) is 4.99 Å². The highest BCUT2D eigenvalue weighted by Gasteiger charge is 2.12. The molecule has 0 fully saturated rings. The van der Waals surface area contributed by atoms with Crippen LogP contribution in [-0.2, 0) is 6.54 Å². The number of fused-ring (bicyclic) bond motifs is 1. The van der Waals surface area contributed by atoms with Crippen molar-refractivity contribution in [3.05, 3.63) is 58.7 Å². The molecular weight excluding hydrogens is 298 g/mol. The number of carbonyl (C=O) groups excluding carboxylic acids is 1. The lowest BCUT2D eigenvalue weighted by atomic mass is 10.1. The molecule has 0 radical (unpaired) electrons. The molecule has 2 heterocycles. The maximum absolute atomic E-state index is 12.1. The van der Waals surface area contributed by atoms with Crippen LogP contribution in [0.2, 0.25) is 0 Å². The Kier molecular flexibility index (Phi) is 3.77. The highest BCUT2D eigenvalue weighted by molar-refractivity contribution is 7.16. The number of carbonyl (C=O) groups is 1. The Morgan fingerprint density at radius 3 is 3.00 bits per heavy atom. The normalized spacial score (nSPS) is 12.0. The molecule has 2 aromatic heterocycles. The zero-order valence-electron chi connectivity index (χ0n) is 12.4. The minimum absolute atomic E-state index is 0.135. The van der Waals surface area contributed by atoms with Gasteiger partial charge in [0.15, 0.2) is 4.80 Å². The summed E-state index contributed by atoms with van der Waals surface area (Å²) < 4.78 is 7.98. The van der Waals surface area contributed by atoms with Gasteiger partial charge in [-0.1, -0.05) is 28.6 Å². The Bertz CT molecular complexity index is 917. The number of hydrogen-bond donors (Lipinski definition) is 0. The second kappa shape index (κ2) is 5.73. The topological polar surface area (TPSA) is 60.4 Å². The van der Waals surface area contributed by atoms with Gasteiger partial charge in [-0.3, -0.25) is 4.79 Å². The predicted octanol–water partition coefficient (Wildman–Crippen LogP) is 3.23. The molecular formula is C16H15N3O2S. The Balaban J connectivity index is 2.24. The van der Waals surface area contributed by atoms with E-state index < -0.39 is 5.91 Å². The van der Waals surface area contributed by atoms with Crippen molar-refractivity contribution in [3.8, 4) is 0 Å². The van der Waals surface area contributed by atoms with Gasteiger partial charge in [0.1, 0.15) is 0 Å². The molecule has 0 spiro atoms. The maximum Gasteiger partial charge on any atom is 0.318 e. The summed E-state index contributed by atoms with van der Waals surface area (Å²) in [7, 11) is 0. The maximum atomic E-state index is 12.1. The molecule has 0 saturated carbocycles. The first kappa shape index (κ1) is 14.5. The first-order chi connectivity index (χ1) is 10.6. The van der Waals surface area contributed by atoms with Gasteiger partial charge in [-0.15, -0.1) is 6.58 Å². The van der Waals surface area contributed by atoms with Gasteiger partial charge in [0, 0.05) is 12.6 Å². The van der Waals surface area contributed by atoms with Crippen LogP contribution in [-0.4, -0.2) is 15.6 Å². The van der Waals surface area contributed by atoms with Gasteiger partial charge in [0.05, 0.1) is 16.4 Å². The molecule has 0 saturated heterocycles. The van der Waals surface area contributed by atoms with Crippen LogP contribution in [0, 0.1) is 13.8 Å². The third-order valence-corrected chi connectivity index (χ3v) is 4.50. The molecule has 5 nitrogen and oxygen atoms in total. The fourth-order valence-corrected chi connectivity index (χ4v) is 3.46. The van der Waals surface area contributed by atoms with Gasteiger partial charge in [-0.05, 0) is 31.0 Å². The van der Waals surface area contributed by atoms with E-state index in [0.717, 1.165) is 10.2 Å². The standard InChI is InChI=1S/C16H15N3O2S/c1-4-7-19-12-9-10(2)8-11(3)14(12)22-16(19)18-15(20)13-5-6-17-21-13/h4-6,8-9H,1,7H2,2-3H3. The van der Waals surface area contributed by atoms with Gasteiger partial charge in [-0.25, -0.2) is 0 Å². The third kappa shape index (κ3) is 2.53. The predicted molar refractivity (Wildman–Crippen MR) is 85.9 cm³/mol. The Morgan fingerprint density at radius 2 is 2.32 bits per heavy atom. The Hall–Kier alpha value is -2.47. The molecule has 1 aromatic carbocycles. The van der Waals surface area contributed by atoms with Crippen LogP contribution in [0.3, 0.4) is 0 Å². The lowest BCUT2D eigenvalue weighted by Crippen LogP contribution is -2.16. The number of thiazole rings is 1. The molecule has 3 rings (SSSR count). The van der Waals surface area contributed by atoms with Crippen molar-refractivity contribution in [3.63, 3.8) is 0 Å². The van der Waals surface area contributed by atoms with Crippen LogP contribution in [0.1, 0.15) is 21.7 Å². The molecule has 0 aliphatic rings. The first-order valence-corrected chi connectivity index (χ1v) is 7.63. The van der Waals surface area contributed by atoms with Crippen LogP contribution < -0.4 is 4.80 Å². The minimum Gasteiger partial charge on any atom is -0.351 e. The minimum atomic E-state index is -0.434. The van der Waals surface area contributed by atoms with Crippen LogP contribution >= 0.6 is 11.3 Å². The average molecular weight is 313 g/mol. The van der Waals surface area contributed by atoms with E-state index >= 15 is 0 Å². The van der Waals surface area contributed by atoms with Gasteiger partial charge >= 0.3 is 5.91 Å². The Morgan fingerprint density at radius 1 is 1.50 bits per heavy atom. The largest absolute Gasteiger partial charge is 0.351 e. The van der Waals surface area contributed by atoms with Gasteiger partial charge < -0.3 is 9.09 Å². The van der Waals surface area contributed by atoms with Gasteiger partial charge in [-0.2, -0.15) is 4.99 Å². The third-order valence-electron chi connectivity index (χ3n) is 3.27. The monoisotopic (exact) mass is 313 g/mol. The van der Waals surface area contributed by atoms with Crippen molar-refractivity contribution in [2.45, 2.75) is 20.4 Å². The van der Waals surface area contributed by atoms with Crippen molar-refractivity contribution in [1.29, 1.82) is 0 Å². The van der Waals surface area contributed by atoms with E-state index in [4.69, 9.17) is 4.52 Å². The zero-order valence-corrected chi connectivity index (χ0v) is 13.2. The first-order valence-electron chi connectivity index (χ1n) is 6.81. The number of aromatic nitrogens is 2. The molecule has 6 heteroatoms. The summed E-state index contributed by atoms with van der Waals surface area (Å²) >= 11 is 1.49. The molecule has 3 aromatic rings. The fraction of sp³-hybridized carbons (Fsp3) is 0.188. The fourth-order valence-electron chi connectivity index (χ4n) is 2.37.